The molecule has 1 aromatic heterocycles. The van der Waals surface area contributed by atoms with Crippen molar-refractivity contribution in [3.63, 3.8) is 0 Å². The number of nitrogens with zero attached hydrogens (tertiary/aromatic N) is 1. The zero-order valence-corrected chi connectivity index (χ0v) is 11.2. The quantitative estimate of drug-likeness (QED) is 0.844. The van der Waals surface area contributed by atoms with Crippen molar-refractivity contribution in [3.05, 3.63) is 58.9 Å². The van der Waals surface area contributed by atoms with Crippen LogP contribution in [-0.4, -0.2) is 11.0 Å². The molecule has 98 valence electrons. The Labute approximate surface area is 116 Å². The van der Waals surface area contributed by atoms with E-state index in [1.807, 2.05) is 31.2 Å². The van der Waals surface area contributed by atoms with Gasteiger partial charge in [-0.2, -0.15) is 0 Å². The molecule has 0 spiro atoms. The molecule has 0 bridgehead atoms. The summed E-state index contributed by atoms with van der Waals surface area (Å²) in [6.45, 7) is 2.48. The lowest BCUT2D eigenvalue weighted by Crippen LogP contribution is -2.28. The molecule has 0 radical (unpaired) electrons. The Kier molecular flexibility index (Phi) is 4.36. The van der Waals surface area contributed by atoms with Crippen molar-refractivity contribution in [1.29, 1.82) is 0 Å². The first-order valence-corrected chi connectivity index (χ1v) is 6.24. The van der Waals surface area contributed by atoms with Crippen molar-refractivity contribution in [2.75, 3.05) is 5.32 Å². The third-order valence-electron chi connectivity index (χ3n) is 2.71. The summed E-state index contributed by atoms with van der Waals surface area (Å²) in [6.07, 6.45) is 1.57. The van der Waals surface area contributed by atoms with Gasteiger partial charge in [0.1, 0.15) is 0 Å². The van der Waals surface area contributed by atoms with E-state index < -0.39 is 0 Å². The van der Waals surface area contributed by atoms with Crippen LogP contribution in [0.25, 0.3) is 0 Å². The zero-order chi connectivity index (χ0) is 13.7. The molecule has 2 aromatic rings. The number of amides is 2. The summed E-state index contributed by atoms with van der Waals surface area (Å²) in [5.41, 5.74) is 2.71. The summed E-state index contributed by atoms with van der Waals surface area (Å²) in [5.74, 6) is 0. The number of urea groups is 1. The van der Waals surface area contributed by atoms with Gasteiger partial charge in [0.2, 0.25) is 0 Å². The average molecular weight is 276 g/mol. The predicted molar refractivity (Wildman–Crippen MR) is 76.3 cm³/mol. The fourth-order valence-electron chi connectivity index (χ4n) is 1.63. The van der Waals surface area contributed by atoms with Gasteiger partial charge in [0, 0.05) is 12.7 Å². The molecule has 19 heavy (non-hydrogen) atoms. The molecule has 4 nitrogen and oxygen atoms in total. The van der Waals surface area contributed by atoms with Crippen molar-refractivity contribution in [2.24, 2.45) is 0 Å². The standard InChI is InChI=1S/C14H14ClN3O/c1-10-5-2-3-6-11(10)9-17-14(19)18-12-7-4-8-16-13(12)15/h2-8H,9H2,1H3,(H2,17,18,19). The van der Waals surface area contributed by atoms with E-state index >= 15 is 0 Å². The Morgan fingerprint density at radius 3 is 2.79 bits per heavy atom. The first kappa shape index (κ1) is 13.4. The summed E-state index contributed by atoms with van der Waals surface area (Å²) in [6, 6.07) is 11.0. The molecule has 0 aliphatic heterocycles. The lowest BCUT2D eigenvalue weighted by molar-refractivity contribution is 0.251. The van der Waals surface area contributed by atoms with E-state index in [9.17, 15) is 4.79 Å². The van der Waals surface area contributed by atoms with Crippen molar-refractivity contribution in [1.82, 2.24) is 10.3 Å². The van der Waals surface area contributed by atoms with Gasteiger partial charge in [-0.3, -0.25) is 0 Å². The fourth-order valence-corrected chi connectivity index (χ4v) is 1.80. The highest BCUT2D eigenvalue weighted by Gasteiger charge is 2.05. The summed E-state index contributed by atoms with van der Waals surface area (Å²) >= 11 is 5.86. The maximum absolute atomic E-state index is 11.7. The van der Waals surface area contributed by atoms with Crippen molar-refractivity contribution >= 4 is 23.3 Å². The second-order valence-electron chi connectivity index (χ2n) is 4.08. The molecule has 0 atom stereocenters. The van der Waals surface area contributed by atoms with E-state index in [-0.39, 0.29) is 11.2 Å². The first-order chi connectivity index (χ1) is 9.16. The molecule has 2 N–H and O–H groups in total. The van der Waals surface area contributed by atoms with E-state index in [0.29, 0.717) is 12.2 Å². The highest BCUT2D eigenvalue weighted by Crippen LogP contribution is 2.17. The molecule has 0 saturated carbocycles. The molecule has 1 aromatic carbocycles. The molecule has 0 aliphatic rings. The van der Waals surface area contributed by atoms with E-state index in [2.05, 4.69) is 15.6 Å². The number of rotatable bonds is 3. The Hall–Kier alpha value is -2.07. The first-order valence-electron chi connectivity index (χ1n) is 5.86. The monoisotopic (exact) mass is 275 g/mol. The number of carbonyl (C=O) groups is 1. The molecule has 5 heteroatoms. The minimum absolute atomic E-state index is 0.272. The van der Waals surface area contributed by atoms with Crippen LogP contribution in [0.15, 0.2) is 42.6 Å². The van der Waals surface area contributed by atoms with Crippen LogP contribution in [0.3, 0.4) is 0 Å². The normalized spacial score (nSPS) is 10.0. The number of halogens is 1. The van der Waals surface area contributed by atoms with Gasteiger partial charge in [-0.1, -0.05) is 35.9 Å². The zero-order valence-electron chi connectivity index (χ0n) is 10.5. The number of aryl methyl sites for hydroxylation is 1. The van der Waals surface area contributed by atoms with Gasteiger partial charge in [-0.05, 0) is 30.2 Å². The van der Waals surface area contributed by atoms with Gasteiger partial charge >= 0.3 is 6.03 Å². The molecule has 0 aliphatic carbocycles. The Bertz CT molecular complexity index is 586. The van der Waals surface area contributed by atoms with Crippen molar-refractivity contribution in [3.8, 4) is 0 Å². The van der Waals surface area contributed by atoms with E-state index in [0.717, 1.165) is 11.1 Å². The minimum atomic E-state index is -0.307. The second-order valence-corrected chi connectivity index (χ2v) is 4.43. The highest BCUT2D eigenvalue weighted by atomic mass is 35.5. The molecule has 0 unspecified atom stereocenters. The molecule has 2 amide bonds. The van der Waals surface area contributed by atoms with E-state index in [1.54, 1.807) is 18.3 Å². The molecule has 2 rings (SSSR count). The Morgan fingerprint density at radius 2 is 2.05 bits per heavy atom. The number of hydrogen-bond donors (Lipinski definition) is 2. The summed E-state index contributed by atoms with van der Waals surface area (Å²) < 4.78 is 0. The third kappa shape index (κ3) is 3.69. The minimum Gasteiger partial charge on any atom is -0.334 e. The van der Waals surface area contributed by atoms with Crippen molar-refractivity contribution in [2.45, 2.75) is 13.5 Å². The lowest BCUT2D eigenvalue weighted by atomic mass is 10.1. The van der Waals surface area contributed by atoms with Gasteiger partial charge in [-0.15, -0.1) is 0 Å². The topological polar surface area (TPSA) is 54.0 Å². The van der Waals surface area contributed by atoms with Crippen LogP contribution in [0.5, 0.6) is 0 Å². The fraction of sp³-hybridized carbons (Fsp3) is 0.143. The molecule has 0 saturated heterocycles. The van der Waals surface area contributed by atoms with Gasteiger partial charge in [-0.25, -0.2) is 9.78 Å². The smallest absolute Gasteiger partial charge is 0.319 e. The Morgan fingerprint density at radius 1 is 1.26 bits per heavy atom. The molecular formula is C14H14ClN3O. The van der Waals surface area contributed by atoms with Gasteiger partial charge in [0.05, 0.1) is 5.69 Å². The van der Waals surface area contributed by atoms with Gasteiger partial charge in [0.25, 0.3) is 0 Å². The Balaban J connectivity index is 1.92. The molecule has 0 fully saturated rings. The largest absolute Gasteiger partial charge is 0.334 e. The van der Waals surface area contributed by atoms with Crippen LogP contribution in [0.1, 0.15) is 11.1 Å². The van der Waals surface area contributed by atoms with Crippen LogP contribution in [-0.2, 0) is 6.54 Å². The van der Waals surface area contributed by atoms with Crippen LogP contribution in [0, 0.1) is 6.92 Å². The van der Waals surface area contributed by atoms with E-state index in [4.69, 9.17) is 11.6 Å². The average Bonchev–Trinajstić information content (AvgIpc) is 2.40. The third-order valence-corrected chi connectivity index (χ3v) is 3.01. The number of pyridine rings is 1. The van der Waals surface area contributed by atoms with Crippen LogP contribution in [0.2, 0.25) is 5.15 Å². The maximum atomic E-state index is 11.7. The SMILES string of the molecule is Cc1ccccc1CNC(=O)Nc1cccnc1Cl. The summed E-state index contributed by atoms with van der Waals surface area (Å²) in [7, 11) is 0. The molecule has 1 heterocycles. The van der Waals surface area contributed by atoms with Crippen LogP contribution >= 0.6 is 11.6 Å². The highest BCUT2D eigenvalue weighted by molar-refractivity contribution is 6.32. The second kappa shape index (κ2) is 6.20. The number of aromatic nitrogens is 1. The van der Waals surface area contributed by atoms with Crippen molar-refractivity contribution < 1.29 is 4.79 Å². The lowest BCUT2D eigenvalue weighted by Gasteiger charge is -2.09. The van der Waals surface area contributed by atoms with Gasteiger partial charge in [0.15, 0.2) is 5.15 Å². The number of nitrogens with one attached hydrogen (secondary N) is 2. The van der Waals surface area contributed by atoms with Crippen LogP contribution < -0.4 is 10.6 Å². The van der Waals surface area contributed by atoms with E-state index in [1.165, 1.54) is 0 Å². The summed E-state index contributed by atoms with van der Waals surface area (Å²) in [4.78, 5) is 15.6. The maximum Gasteiger partial charge on any atom is 0.319 e. The number of carbonyl (C=O) groups excluding carboxylic acids is 1. The molecular weight excluding hydrogens is 262 g/mol. The van der Waals surface area contributed by atoms with Crippen LogP contribution in [0.4, 0.5) is 10.5 Å². The summed E-state index contributed by atoms with van der Waals surface area (Å²) in [5, 5.41) is 5.71. The number of hydrogen-bond acceptors (Lipinski definition) is 2. The van der Waals surface area contributed by atoms with Gasteiger partial charge < -0.3 is 10.6 Å². The number of anilines is 1. The number of benzene rings is 1. The predicted octanol–water partition coefficient (Wildman–Crippen LogP) is 3.37.